The molecule has 1 fully saturated rings. The fourth-order valence-corrected chi connectivity index (χ4v) is 4.72. The Bertz CT molecular complexity index is 1170. The second-order valence-electron chi connectivity index (χ2n) is 8.93. The summed E-state index contributed by atoms with van der Waals surface area (Å²) in [5, 5.41) is 11.4. The molecule has 0 radical (unpaired) electrons. The Morgan fingerprint density at radius 2 is 1.94 bits per heavy atom. The monoisotopic (exact) mass is 482 g/mol. The molecule has 2 aliphatic heterocycles. The van der Waals surface area contributed by atoms with Gasteiger partial charge in [0.25, 0.3) is 0 Å². The maximum atomic E-state index is 13.2. The minimum Gasteiger partial charge on any atom is -0.490 e. The number of aromatic nitrogens is 1. The number of methoxy groups -OCH3 is 1. The standard InChI is InChI=1S/C23H25F3N2O6/c1-22(2)6-5-16-13-9-19(33-8-4-7-32-3)20(34-23(24,25)26)10-14(13)17-11-18(29)15(21(30)31)12-27(17)28(16)22/h9-12,16H,4-8H2,1-3H3,(H,30,31)/t16-/m1/s1. The van der Waals surface area contributed by atoms with Gasteiger partial charge >= 0.3 is 12.3 Å². The highest BCUT2D eigenvalue weighted by Gasteiger charge is 2.45. The summed E-state index contributed by atoms with van der Waals surface area (Å²) in [6, 6.07) is 3.62. The third-order valence-electron chi connectivity index (χ3n) is 6.17. The van der Waals surface area contributed by atoms with E-state index in [9.17, 15) is 27.9 Å². The zero-order chi connectivity index (χ0) is 24.8. The number of alkyl halides is 3. The van der Waals surface area contributed by atoms with E-state index in [0.29, 0.717) is 30.6 Å². The van der Waals surface area contributed by atoms with Gasteiger partial charge < -0.3 is 19.3 Å². The first-order valence-electron chi connectivity index (χ1n) is 10.8. The number of pyridine rings is 1. The van der Waals surface area contributed by atoms with Crippen LogP contribution in [0.4, 0.5) is 13.2 Å². The van der Waals surface area contributed by atoms with Crippen LogP contribution in [0.1, 0.15) is 55.1 Å². The van der Waals surface area contributed by atoms with Crippen LogP contribution in [0.2, 0.25) is 0 Å². The fraction of sp³-hybridized carbons (Fsp3) is 0.478. The van der Waals surface area contributed by atoms with Crippen molar-refractivity contribution in [2.75, 3.05) is 25.3 Å². The lowest BCUT2D eigenvalue weighted by atomic mass is 9.93. The Hall–Kier alpha value is -3.21. The molecule has 1 aromatic carbocycles. The van der Waals surface area contributed by atoms with Crippen molar-refractivity contribution in [1.82, 2.24) is 4.68 Å². The van der Waals surface area contributed by atoms with Crippen molar-refractivity contribution in [3.05, 3.63) is 45.7 Å². The van der Waals surface area contributed by atoms with Crippen LogP contribution in [0.5, 0.6) is 11.5 Å². The quantitative estimate of drug-likeness (QED) is 0.595. The summed E-state index contributed by atoms with van der Waals surface area (Å²) in [5.41, 5.74) is -0.227. The van der Waals surface area contributed by atoms with Crippen LogP contribution in [0.3, 0.4) is 0 Å². The first-order valence-corrected chi connectivity index (χ1v) is 10.8. The molecule has 0 aliphatic carbocycles. The van der Waals surface area contributed by atoms with Crippen molar-refractivity contribution in [2.45, 2.75) is 51.1 Å². The maximum Gasteiger partial charge on any atom is 0.573 e. The van der Waals surface area contributed by atoms with Gasteiger partial charge in [0.2, 0.25) is 0 Å². The predicted molar refractivity (Wildman–Crippen MR) is 116 cm³/mol. The Morgan fingerprint density at radius 3 is 2.59 bits per heavy atom. The molecule has 1 N–H and O–H groups in total. The molecule has 3 heterocycles. The summed E-state index contributed by atoms with van der Waals surface area (Å²) in [7, 11) is 1.52. The van der Waals surface area contributed by atoms with Crippen LogP contribution in [0.15, 0.2) is 29.2 Å². The maximum absolute atomic E-state index is 13.2. The Kier molecular flexibility index (Phi) is 6.01. The van der Waals surface area contributed by atoms with E-state index in [0.717, 1.165) is 12.5 Å². The summed E-state index contributed by atoms with van der Waals surface area (Å²) < 4.78 is 56.0. The largest absolute Gasteiger partial charge is 0.573 e. The number of carbonyl (C=O) groups is 1. The topological polar surface area (TPSA) is 90.2 Å². The van der Waals surface area contributed by atoms with Crippen LogP contribution in [-0.4, -0.2) is 48.0 Å². The molecule has 8 nitrogen and oxygen atoms in total. The van der Waals surface area contributed by atoms with E-state index >= 15 is 0 Å². The van der Waals surface area contributed by atoms with Crippen LogP contribution in [-0.2, 0) is 4.74 Å². The molecule has 4 rings (SSSR count). The number of hydrogen-bond acceptors (Lipinski definition) is 6. The molecule has 0 unspecified atom stereocenters. The Balaban J connectivity index is 1.91. The molecule has 0 spiro atoms. The number of benzene rings is 1. The van der Waals surface area contributed by atoms with E-state index in [4.69, 9.17) is 9.47 Å². The summed E-state index contributed by atoms with van der Waals surface area (Å²) in [6.07, 6.45) is -1.82. The van der Waals surface area contributed by atoms with Crippen molar-refractivity contribution in [2.24, 2.45) is 0 Å². The molecule has 0 saturated carbocycles. The van der Waals surface area contributed by atoms with Gasteiger partial charge in [-0.25, -0.2) is 4.79 Å². The van der Waals surface area contributed by atoms with Gasteiger partial charge in [0.05, 0.1) is 23.9 Å². The Morgan fingerprint density at radius 1 is 1.21 bits per heavy atom. The minimum atomic E-state index is -4.96. The summed E-state index contributed by atoms with van der Waals surface area (Å²) >= 11 is 0. The first-order chi connectivity index (χ1) is 15.9. The van der Waals surface area contributed by atoms with Crippen molar-refractivity contribution < 1.29 is 37.3 Å². The fourth-order valence-electron chi connectivity index (χ4n) is 4.72. The summed E-state index contributed by atoms with van der Waals surface area (Å²) in [5.74, 6) is -1.97. The number of hydrogen-bond donors (Lipinski definition) is 1. The molecule has 1 aromatic heterocycles. The van der Waals surface area contributed by atoms with Gasteiger partial charge in [-0.05, 0) is 44.4 Å². The summed E-state index contributed by atoms with van der Waals surface area (Å²) in [4.78, 5) is 24.1. The smallest absolute Gasteiger partial charge is 0.490 e. The lowest BCUT2D eigenvalue weighted by Gasteiger charge is -2.44. The highest BCUT2D eigenvalue weighted by molar-refractivity contribution is 5.88. The van der Waals surface area contributed by atoms with E-state index in [1.54, 1.807) is 4.68 Å². The van der Waals surface area contributed by atoms with Crippen molar-refractivity contribution >= 4 is 5.97 Å². The van der Waals surface area contributed by atoms with Gasteiger partial charge in [-0.3, -0.25) is 14.5 Å². The summed E-state index contributed by atoms with van der Waals surface area (Å²) in [6.45, 7) is 4.49. The molecule has 2 aromatic rings. The zero-order valence-electron chi connectivity index (χ0n) is 18.9. The SMILES string of the molecule is COCCCOc1cc2c(cc1OC(F)(F)F)-c1cc(=O)c(C(=O)O)cn1N1[C@@H]2CCC1(C)C. The highest BCUT2D eigenvalue weighted by Crippen LogP contribution is 2.50. The van der Waals surface area contributed by atoms with Crippen LogP contribution in [0, 0.1) is 0 Å². The van der Waals surface area contributed by atoms with Gasteiger partial charge in [-0.15, -0.1) is 13.2 Å². The predicted octanol–water partition coefficient (Wildman–Crippen LogP) is 4.09. The molecule has 34 heavy (non-hydrogen) atoms. The Labute approximate surface area is 193 Å². The second kappa shape index (κ2) is 8.53. The highest BCUT2D eigenvalue weighted by atomic mass is 19.4. The normalized spacial score (nSPS) is 18.2. The minimum absolute atomic E-state index is 0.0604. The van der Waals surface area contributed by atoms with Gasteiger partial charge in [0, 0.05) is 38.0 Å². The molecular formula is C23H25F3N2O6. The molecular weight excluding hydrogens is 457 g/mol. The van der Waals surface area contributed by atoms with Crippen molar-refractivity contribution in [3.63, 3.8) is 0 Å². The third kappa shape index (κ3) is 4.31. The number of carboxylic acid groups (broad SMARTS) is 1. The van der Waals surface area contributed by atoms with Crippen molar-refractivity contribution in [3.8, 4) is 22.8 Å². The number of aromatic carboxylic acids is 1. The molecule has 0 amide bonds. The molecule has 2 aliphatic rings. The lowest BCUT2D eigenvalue weighted by Crippen LogP contribution is -2.50. The van der Waals surface area contributed by atoms with Gasteiger partial charge in [0.15, 0.2) is 16.9 Å². The second-order valence-corrected chi connectivity index (χ2v) is 8.93. The van der Waals surface area contributed by atoms with Gasteiger partial charge in [0.1, 0.15) is 5.56 Å². The molecule has 11 heteroatoms. The number of fused-ring (bicyclic) bond motifs is 6. The van der Waals surface area contributed by atoms with Gasteiger partial charge in [-0.1, -0.05) is 0 Å². The molecule has 184 valence electrons. The number of nitrogens with zero attached hydrogens (tertiary/aromatic N) is 2. The number of ether oxygens (including phenoxy) is 3. The average molecular weight is 482 g/mol. The first kappa shape index (κ1) is 23.9. The van der Waals surface area contributed by atoms with E-state index in [1.165, 1.54) is 25.4 Å². The van der Waals surface area contributed by atoms with Crippen LogP contribution >= 0.6 is 0 Å². The zero-order valence-corrected chi connectivity index (χ0v) is 18.9. The molecule has 1 saturated heterocycles. The number of halogens is 3. The van der Waals surface area contributed by atoms with E-state index in [1.807, 2.05) is 18.9 Å². The average Bonchev–Trinajstić information content (AvgIpc) is 3.05. The van der Waals surface area contributed by atoms with E-state index < -0.39 is 34.6 Å². The van der Waals surface area contributed by atoms with Crippen LogP contribution < -0.4 is 19.9 Å². The number of carboxylic acids is 1. The third-order valence-corrected chi connectivity index (χ3v) is 6.17. The molecule has 0 bridgehead atoms. The van der Waals surface area contributed by atoms with E-state index in [2.05, 4.69) is 4.74 Å². The van der Waals surface area contributed by atoms with Gasteiger partial charge in [-0.2, -0.15) is 0 Å². The van der Waals surface area contributed by atoms with Crippen LogP contribution in [0.25, 0.3) is 11.3 Å². The van der Waals surface area contributed by atoms with E-state index in [-0.39, 0.29) is 24.1 Å². The van der Waals surface area contributed by atoms with Crippen molar-refractivity contribution in [1.29, 1.82) is 0 Å². The number of rotatable bonds is 7. The molecule has 1 atom stereocenters. The lowest BCUT2D eigenvalue weighted by molar-refractivity contribution is -0.275.